The van der Waals surface area contributed by atoms with Crippen LogP contribution in [0.5, 0.6) is 0 Å². The fraction of sp³-hybridized carbons (Fsp3) is 0.438. The minimum atomic E-state index is -0.510. The smallest absolute Gasteiger partial charge is 0.236 e. The van der Waals surface area contributed by atoms with Gasteiger partial charge in [0.05, 0.1) is 23.3 Å². The fourth-order valence-corrected chi connectivity index (χ4v) is 6.56. The van der Waals surface area contributed by atoms with E-state index >= 15 is 4.39 Å². The number of nitriles is 1. The summed E-state index contributed by atoms with van der Waals surface area (Å²) in [5.74, 6) is 1.03. The maximum Gasteiger partial charge on any atom is 0.236 e. The molecular formula is C32H36FN11O. The third-order valence-electron chi connectivity index (χ3n) is 8.95. The molecule has 232 valence electrons. The number of aromatic nitrogens is 5. The normalized spacial score (nSPS) is 18.8. The van der Waals surface area contributed by atoms with E-state index in [4.69, 9.17) is 10.2 Å². The van der Waals surface area contributed by atoms with Crippen LogP contribution < -0.4 is 20.0 Å². The number of amides is 1. The number of likely N-dealkylation sites (tertiary alicyclic amines) is 1. The van der Waals surface area contributed by atoms with Crippen molar-refractivity contribution in [1.82, 2.24) is 29.5 Å². The predicted octanol–water partition coefficient (Wildman–Crippen LogP) is 3.57. The van der Waals surface area contributed by atoms with Crippen LogP contribution in [-0.2, 0) is 4.79 Å². The summed E-state index contributed by atoms with van der Waals surface area (Å²) in [7, 11) is 0. The first-order valence-electron chi connectivity index (χ1n) is 15.7. The van der Waals surface area contributed by atoms with Gasteiger partial charge in [0.2, 0.25) is 11.7 Å². The van der Waals surface area contributed by atoms with Crippen LogP contribution in [0.4, 0.5) is 27.5 Å². The first kappa shape index (κ1) is 28.8. The second-order valence-electron chi connectivity index (χ2n) is 11.8. The largest absolute Gasteiger partial charge is 0.368 e. The zero-order valence-electron chi connectivity index (χ0n) is 25.1. The Bertz CT molecular complexity index is 1720. The van der Waals surface area contributed by atoms with Gasteiger partial charge in [-0.1, -0.05) is 6.07 Å². The van der Waals surface area contributed by atoms with E-state index in [0.29, 0.717) is 50.7 Å². The lowest BCUT2D eigenvalue weighted by molar-refractivity contribution is -0.131. The highest BCUT2D eigenvalue weighted by Gasteiger charge is 2.29. The molecule has 3 aliphatic heterocycles. The van der Waals surface area contributed by atoms with Crippen LogP contribution in [0.15, 0.2) is 48.9 Å². The molecule has 3 aliphatic rings. The standard InChI is InChI=1S/C32H36FN11O/c33-29-31(37-23-6-5-14-43(22-23)28(45)8-10-34)38-30(25-21-36-44-15-2-1-7-26(25)44)39-32(29)42-18-16-40(17-19-42)24-9-11-35-27(20-24)41-12-3-4-13-41/h1-2,7,9,11,15,20-21,23H,3-6,8,12-14,16-19,22H2,(H,37,38,39)/t23-/m1/s1. The summed E-state index contributed by atoms with van der Waals surface area (Å²) in [6.07, 6.45) is 9.17. The van der Waals surface area contributed by atoms with Crippen molar-refractivity contribution in [3.05, 3.63) is 54.7 Å². The molecule has 7 rings (SSSR count). The molecule has 12 nitrogen and oxygen atoms in total. The van der Waals surface area contributed by atoms with Crippen LogP contribution in [-0.4, -0.2) is 93.8 Å². The molecule has 1 N–H and O–H groups in total. The maximum atomic E-state index is 16.4. The van der Waals surface area contributed by atoms with Crippen molar-refractivity contribution in [3.63, 3.8) is 0 Å². The number of rotatable bonds is 7. The highest BCUT2D eigenvalue weighted by atomic mass is 19.1. The summed E-state index contributed by atoms with van der Waals surface area (Å²) in [6, 6.07) is 11.7. The highest BCUT2D eigenvalue weighted by molar-refractivity contribution is 5.79. The molecule has 4 aromatic rings. The molecule has 1 atom stereocenters. The van der Waals surface area contributed by atoms with Crippen LogP contribution in [0.25, 0.3) is 16.9 Å². The molecule has 0 radical (unpaired) electrons. The van der Waals surface area contributed by atoms with Crippen LogP contribution >= 0.6 is 0 Å². The summed E-state index contributed by atoms with van der Waals surface area (Å²) >= 11 is 0. The van der Waals surface area contributed by atoms with E-state index in [1.807, 2.05) is 47.6 Å². The number of piperidine rings is 1. The van der Waals surface area contributed by atoms with Gasteiger partial charge < -0.3 is 24.9 Å². The third-order valence-corrected chi connectivity index (χ3v) is 8.95. The summed E-state index contributed by atoms with van der Waals surface area (Å²) in [4.78, 5) is 34.8. The lowest BCUT2D eigenvalue weighted by Crippen LogP contribution is -2.47. The molecule has 3 fully saturated rings. The van der Waals surface area contributed by atoms with E-state index < -0.39 is 5.82 Å². The minimum absolute atomic E-state index is 0.108. The van der Waals surface area contributed by atoms with E-state index in [2.05, 4.69) is 36.2 Å². The van der Waals surface area contributed by atoms with Crippen LogP contribution in [0.1, 0.15) is 32.1 Å². The molecule has 7 heterocycles. The molecule has 1 amide bonds. The molecule has 13 heteroatoms. The predicted molar refractivity (Wildman–Crippen MR) is 170 cm³/mol. The average molecular weight is 610 g/mol. The number of piperazine rings is 1. The van der Waals surface area contributed by atoms with Crippen molar-refractivity contribution in [2.24, 2.45) is 0 Å². The Kier molecular flexibility index (Phi) is 8.02. The van der Waals surface area contributed by atoms with Gasteiger partial charge in [-0.05, 0) is 43.9 Å². The number of carbonyl (C=O) groups excluding carboxylic acids is 1. The van der Waals surface area contributed by atoms with Gasteiger partial charge in [-0.3, -0.25) is 4.79 Å². The summed E-state index contributed by atoms with van der Waals surface area (Å²) < 4.78 is 18.1. The number of nitrogens with one attached hydrogen (secondary N) is 1. The molecule has 0 aromatic carbocycles. The molecule has 4 aromatic heterocycles. The lowest BCUT2D eigenvalue weighted by Gasteiger charge is -2.37. The Morgan fingerprint density at radius 3 is 2.64 bits per heavy atom. The van der Waals surface area contributed by atoms with E-state index in [0.717, 1.165) is 43.0 Å². The zero-order valence-corrected chi connectivity index (χ0v) is 25.1. The summed E-state index contributed by atoms with van der Waals surface area (Å²) in [6.45, 7) is 5.64. The third kappa shape index (κ3) is 5.92. The molecule has 0 aliphatic carbocycles. The number of hydrogen-bond acceptors (Lipinski definition) is 10. The number of pyridine rings is 2. The first-order chi connectivity index (χ1) is 22.1. The van der Waals surface area contributed by atoms with Gasteiger partial charge in [0, 0.05) is 82.5 Å². The van der Waals surface area contributed by atoms with Crippen molar-refractivity contribution in [2.75, 3.05) is 72.4 Å². The van der Waals surface area contributed by atoms with Gasteiger partial charge in [-0.25, -0.2) is 19.5 Å². The quantitative estimate of drug-likeness (QED) is 0.333. The Labute approximate surface area is 261 Å². The summed E-state index contributed by atoms with van der Waals surface area (Å²) in [5.41, 5.74) is 2.65. The average Bonchev–Trinajstić information content (AvgIpc) is 3.78. The van der Waals surface area contributed by atoms with Crippen molar-refractivity contribution in [2.45, 2.75) is 38.1 Å². The number of fused-ring (bicyclic) bond motifs is 1. The van der Waals surface area contributed by atoms with Crippen LogP contribution in [0.2, 0.25) is 0 Å². The topological polar surface area (TPSA) is 122 Å². The number of carbonyl (C=O) groups is 1. The molecule has 0 saturated carbocycles. The molecule has 0 spiro atoms. The first-order valence-corrected chi connectivity index (χ1v) is 15.7. The summed E-state index contributed by atoms with van der Waals surface area (Å²) in [5, 5.41) is 16.7. The monoisotopic (exact) mass is 609 g/mol. The van der Waals surface area contributed by atoms with Gasteiger partial charge >= 0.3 is 0 Å². The second kappa shape index (κ2) is 12.6. The lowest BCUT2D eigenvalue weighted by atomic mass is 10.1. The van der Waals surface area contributed by atoms with E-state index in [-0.39, 0.29) is 30.0 Å². The number of nitrogens with zero attached hydrogens (tertiary/aromatic N) is 10. The Hall–Kier alpha value is -4.99. The maximum absolute atomic E-state index is 16.4. The van der Waals surface area contributed by atoms with Gasteiger partial charge in [0.15, 0.2) is 17.5 Å². The Balaban J connectivity index is 1.16. The molecule has 0 bridgehead atoms. The number of halogens is 1. The van der Waals surface area contributed by atoms with Gasteiger partial charge in [-0.15, -0.1) is 0 Å². The number of anilines is 4. The Morgan fingerprint density at radius 1 is 1.00 bits per heavy atom. The highest BCUT2D eigenvalue weighted by Crippen LogP contribution is 2.32. The molecular weight excluding hydrogens is 573 g/mol. The molecule has 45 heavy (non-hydrogen) atoms. The number of hydrogen-bond donors (Lipinski definition) is 1. The van der Waals surface area contributed by atoms with E-state index in [9.17, 15) is 4.79 Å². The SMILES string of the molecule is N#CCC(=O)N1CCC[C@@H](Nc2nc(-c3cnn4ccccc34)nc(N3CCN(c4ccnc(N5CCCC5)c4)CC3)c2F)C1. The van der Waals surface area contributed by atoms with E-state index in [1.165, 1.54) is 12.8 Å². The van der Waals surface area contributed by atoms with Crippen LogP contribution in [0.3, 0.4) is 0 Å². The van der Waals surface area contributed by atoms with Gasteiger partial charge in [0.1, 0.15) is 12.2 Å². The minimum Gasteiger partial charge on any atom is -0.368 e. The van der Waals surface area contributed by atoms with Crippen molar-refractivity contribution >= 4 is 34.6 Å². The zero-order chi connectivity index (χ0) is 30.8. The molecule has 0 unspecified atom stereocenters. The second-order valence-corrected chi connectivity index (χ2v) is 11.8. The van der Waals surface area contributed by atoms with Gasteiger partial charge in [-0.2, -0.15) is 14.8 Å². The van der Waals surface area contributed by atoms with Crippen LogP contribution in [0, 0.1) is 17.1 Å². The Morgan fingerprint density at radius 2 is 1.82 bits per heavy atom. The molecule has 3 saturated heterocycles. The van der Waals surface area contributed by atoms with Crippen molar-refractivity contribution in [1.29, 1.82) is 5.26 Å². The van der Waals surface area contributed by atoms with Gasteiger partial charge in [0.25, 0.3) is 0 Å². The van der Waals surface area contributed by atoms with Crippen molar-refractivity contribution < 1.29 is 9.18 Å². The van der Waals surface area contributed by atoms with E-state index in [1.54, 1.807) is 15.6 Å². The van der Waals surface area contributed by atoms with Crippen molar-refractivity contribution in [3.8, 4) is 17.5 Å². The fourth-order valence-electron chi connectivity index (χ4n) is 6.56.